The molecule has 0 saturated carbocycles. The van der Waals surface area contributed by atoms with Crippen LogP contribution in [0.2, 0.25) is 19.6 Å². The molecule has 0 amide bonds. The average Bonchev–Trinajstić information content (AvgIpc) is 2.15. The predicted molar refractivity (Wildman–Crippen MR) is 74.1 cm³/mol. The van der Waals surface area contributed by atoms with Crippen LogP contribution in [0.1, 0.15) is 26.2 Å². The standard InChI is InChI=1S/C13H21ClOSi/c1-6-7-11-12(14)9-8-10(2)13(11)15-16(3,4)5/h6H,1,7-9H2,2-5H3. The Morgan fingerprint density at radius 1 is 1.38 bits per heavy atom. The van der Waals surface area contributed by atoms with E-state index >= 15 is 0 Å². The Kier molecular flexibility index (Phi) is 4.45. The molecule has 0 aromatic heterocycles. The number of rotatable bonds is 4. The smallest absolute Gasteiger partial charge is 0.242 e. The van der Waals surface area contributed by atoms with Gasteiger partial charge in [0.2, 0.25) is 8.32 Å². The fourth-order valence-electron chi connectivity index (χ4n) is 1.75. The summed E-state index contributed by atoms with van der Waals surface area (Å²) in [5.74, 6) is 1.04. The van der Waals surface area contributed by atoms with Gasteiger partial charge in [-0.3, -0.25) is 0 Å². The lowest BCUT2D eigenvalue weighted by atomic mass is 9.96. The Morgan fingerprint density at radius 2 is 2.00 bits per heavy atom. The molecule has 1 aliphatic carbocycles. The molecule has 0 unspecified atom stereocenters. The van der Waals surface area contributed by atoms with Gasteiger partial charge in [-0.25, -0.2) is 0 Å². The number of allylic oxidation sites excluding steroid dienone is 4. The lowest BCUT2D eigenvalue weighted by molar-refractivity contribution is 0.417. The lowest BCUT2D eigenvalue weighted by Gasteiger charge is -2.28. The van der Waals surface area contributed by atoms with E-state index in [1.807, 2.05) is 6.08 Å². The van der Waals surface area contributed by atoms with Gasteiger partial charge in [0.15, 0.2) is 0 Å². The van der Waals surface area contributed by atoms with Gasteiger partial charge in [0.1, 0.15) is 5.76 Å². The molecule has 0 aromatic rings. The van der Waals surface area contributed by atoms with Crippen molar-refractivity contribution >= 4 is 19.9 Å². The first-order chi connectivity index (χ1) is 7.35. The van der Waals surface area contributed by atoms with Gasteiger partial charge >= 0.3 is 0 Å². The molecule has 0 fully saturated rings. The van der Waals surface area contributed by atoms with Gasteiger partial charge < -0.3 is 4.43 Å². The molecule has 1 rings (SSSR count). The van der Waals surface area contributed by atoms with Crippen molar-refractivity contribution in [2.24, 2.45) is 0 Å². The van der Waals surface area contributed by atoms with Crippen molar-refractivity contribution in [3.63, 3.8) is 0 Å². The Balaban J connectivity index is 3.04. The SMILES string of the molecule is C=CCC1=C(Cl)CCC(C)=C1O[Si](C)(C)C. The monoisotopic (exact) mass is 256 g/mol. The van der Waals surface area contributed by atoms with E-state index in [2.05, 4.69) is 33.1 Å². The van der Waals surface area contributed by atoms with Gasteiger partial charge in [-0.05, 0) is 51.4 Å². The van der Waals surface area contributed by atoms with Crippen molar-refractivity contribution in [1.82, 2.24) is 0 Å². The van der Waals surface area contributed by atoms with Crippen molar-refractivity contribution in [3.8, 4) is 0 Å². The molecule has 0 heterocycles. The lowest BCUT2D eigenvalue weighted by Crippen LogP contribution is -2.26. The van der Waals surface area contributed by atoms with E-state index in [4.69, 9.17) is 16.0 Å². The number of hydrogen-bond acceptors (Lipinski definition) is 1. The van der Waals surface area contributed by atoms with E-state index < -0.39 is 8.32 Å². The fourth-order valence-corrected chi connectivity index (χ4v) is 2.91. The molecule has 0 spiro atoms. The molecule has 0 aromatic carbocycles. The maximum Gasteiger partial charge on any atom is 0.242 e. The third kappa shape index (κ3) is 3.53. The van der Waals surface area contributed by atoms with E-state index in [9.17, 15) is 0 Å². The summed E-state index contributed by atoms with van der Waals surface area (Å²) < 4.78 is 6.15. The zero-order valence-electron chi connectivity index (χ0n) is 10.7. The molecule has 0 aliphatic heterocycles. The second kappa shape index (κ2) is 5.24. The summed E-state index contributed by atoms with van der Waals surface area (Å²) in [6, 6.07) is 0. The molecule has 0 atom stereocenters. The summed E-state index contributed by atoms with van der Waals surface area (Å²) in [6.07, 6.45) is 4.65. The van der Waals surface area contributed by atoms with Crippen LogP contribution in [0.15, 0.2) is 34.6 Å². The Morgan fingerprint density at radius 3 is 2.50 bits per heavy atom. The highest BCUT2D eigenvalue weighted by atomic mass is 35.5. The summed E-state index contributed by atoms with van der Waals surface area (Å²) in [7, 11) is -1.57. The van der Waals surface area contributed by atoms with Gasteiger partial charge in [-0.15, -0.1) is 6.58 Å². The van der Waals surface area contributed by atoms with Crippen LogP contribution in [-0.4, -0.2) is 8.32 Å². The molecule has 1 nitrogen and oxygen atoms in total. The third-order valence-electron chi connectivity index (χ3n) is 2.47. The van der Waals surface area contributed by atoms with Crippen molar-refractivity contribution in [2.45, 2.75) is 45.8 Å². The minimum atomic E-state index is -1.57. The van der Waals surface area contributed by atoms with Gasteiger partial charge in [0.05, 0.1) is 0 Å². The van der Waals surface area contributed by atoms with E-state index in [1.165, 1.54) is 5.57 Å². The van der Waals surface area contributed by atoms with Crippen molar-refractivity contribution < 1.29 is 4.43 Å². The summed E-state index contributed by atoms with van der Waals surface area (Å²) in [5.41, 5.74) is 2.46. The van der Waals surface area contributed by atoms with Gasteiger partial charge in [-0.2, -0.15) is 0 Å². The van der Waals surface area contributed by atoms with Crippen molar-refractivity contribution in [1.29, 1.82) is 0 Å². The highest BCUT2D eigenvalue weighted by Gasteiger charge is 2.24. The largest absolute Gasteiger partial charge is 0.544 e. The molecule has 0 radical (unpaired) electrons. The Bertz CT molecular complexity index is 347. The van der Waals surface area contributed by atoms with Crippen LogP contribution < -0.4 is 0 Å². The summed E-state index contributed by atoms with van der Waals surface area (Å²) in [4.78, 5) is 0. The molecule has 0 N–H and O–H groups in total. The number of hydrogen-bond donors (Lipinski definition) is 0. The summed E-state index contributed by atoms with van der Waals surface area (Å²) in [5, 5.41) is 0.943. The van der Waals surface area contributed by atoms with Crippen LogP contribution in [-0.2, 0) is 4.43 Å². The molecule has 0 bridgehead atoms. The topological polar surface area (TPSA) is 9.23 Å². The van der Waals surface area contributed by atoms with Gasteiger partial charge in [0.25, 0.3) is 0 Å². The fraction of sp³-hybridized carbons (Fsp3) is 0.538. The van der Waals surface area contributed by atoms with E-state index in [-0.39, 0.29) is 0 Å². The van der Waals surface area contributed by atoms with E-state index in [0.717, 1.165) is 35.6 Å². The highest BCUT2D eigenvalue weighted by Crippen LogP contribution is 2.36. The predicted octanol–water partition coefficient (Wildman–Crippen LogP) is 4.97. The molecular weight excluding hydrogens is 236 g/mol. The third-order valence-corrected chi connectivity index (χ3v) is 3.70. The minimum Gasteiger partial charge on any atom is -0.544 e. The maximum absolute atomic E-state index is 6.28. The zero-order chi connectivity index (χ0) is 12.3. The normalized spacial score (nSPS) is 17.8. The minimum absolute atomic E-state index is 0.802. The summed E-state index contributed by atoms with van der Waals surface area (Å²) >= 11 is 6.28. The first-order valence-corrected chi connectivity index (χ1v) is 9.51. The van der Waals surface area contributed by atoms with Crippen LogP contribution in [0, 0.1) is 0 Å². The Hall–Kier alpha value is -0.473. The zero-order valence-corrected chi connectivity index (χ0v) is 12.4. The van der Waals surface area contributed by atoms with Crippen LogP contribution in [0.3, 0.4) is 0 Å². The van der Waals surface area contributed by atoms with E-state index in [0.29, 0.717) is 0 Å². The second-order valence-corrected chi connectivity index (χ2v) is 10.1. The van der Waals surface area contributed by atoms with Crippen LogP contribution in [0.25, 0.3) is 0 Å². The Labute approximate surface area is 105 Å². The van der Waals surface area contributed by atoms with Gasteiger partial charge in [0, 0.05) is 10.6 Å². The quantitative estimate of drug-likeness (QED) is 0.510. The first-order valence-electron chi connectivity index (χ1n) is 5.72. The van der Waals surface area contributed by atoms with Crippen LogP contribution in [0.4, 0.5) is 0 Å². The molecule has 0 saturated heterocycles. The first kappa shape index (κ1) is 13.6. The van der Waals surface area contributed by atoms with Crippen LogP contribution in [0.5, 0.6) is 0 Å². The van der Waals surface area contributed by atoms with E-state index in [1.54, 1.807) is 0 Å². The molecule has 16 heavy (non-hydrogen) atoms. The molecular formula is C13H21ClOSi. The van der Waals surface area contributed by atoms with Gasteiger partial charge in [-0.1, -0.05) is 17.7 Å². The number of halogens is 1. The molecule has 3 heteroatoms. The van der Waals surface area contributed by atoms with Crippen molar-refractivity contribution in [2.75, 3.05) is 0 Å². The maximum atomic E-state index is 6.28. The van der Waals surface area contributed by atoms with Crippen LogP contribution >= 0.6 is 11.6 Å². The summed E-state index contributed by atoms with van der Waals surface area (Å²) in [6.45, 7) is 12.5. The highest BCUT2D eigenvalue weighted by molar-refractivity contribution is 6.70. The molecule has 90 valence electrons. The molecule has 1 aliphatic rings. The second-order valence-electron chi connectivity index (χ2n) is 5.20. The average molecular weight is 257 g/mol. The van der Waals surface area contributed by atoms with Crippen molar-refractivity contribution in [3.05, 3.63) is 34.6 Å².